The van der Waals surface area contributed by atoms with Gasteiger partial charge in [-0.25, -0.2) is 0 Å². The fraction of sp³-hybridized carbons (Fsp3) is 0.714. The van der Waals surface area contributed by atoms with Gasteiger partial charge >= 0.3 is 12.1 Å². The van der Waals surface area contributed by atoms with Crippen molar-refractivity contribution in [3.63, 3.8) is 0 Å². The Morgan fingerprint density at radius 3 is 2.10 bits per heavy atom. The summed E-state index contributed by atoms with van der Waals surface area (Å²) in [6, 6.07) is 0. The van der Waals surface area contributed by atoms with Crippen molar-refractivity contribution in [2.24, 2.45) is 10.9 Å². The molecule has 0 aromatic rings. The molecule has 0 amide bonds. The number of allylic oxidation sites excluding steroid dienone is 1. The van der Waals surface area contributed by atoms with Gasteiger partial charge in [-0.15, -0.1) is 0 Å². The quantitative estimate of drug-likeness (QED) is 0.564. The minimum atomic E-state index is -4.52. The molecule has 0 aromatic heterocycles. The topological polar surface area (TPSA) is 38.7 Å². The first-order valence-electron chi connectivity index (χ1n) is 6.38. The van der Waals surface area contributed by atoms with Gasteiger partial charge in [-0.05, 0) is 33.1 Å². The van der Waals surface area contributed by atoms with E-state index in [0.717, 1.165) is 20.8 Å². The molecule has 1 atom stereocenters. The summed E-state index contributed by atoms with van der Waals surface area (Å²) in [6.45, 7) is 8.82. The molecule has 0 aliphatic carbocycles. The van der Waals surface area contributed by atoms with Crippen molar-refractivity contribution in [2.45, 2.75) is 59.7 Å². The van der Waals surface area contributed by atoms with E-state index in [1.165, 1.54) is 6.42 Å². The third kappa shape index (κ3) is 10.6. The highest BCUT2D eigenvalue weighted by atomic mass is 19.4. The number of rotatable bonds is 4. The second-order valence-corrected chi connectivity index (χ2v) is 4.77. The molecular weight excluding hydrogens is 271 g/mol. The second-order valence-electron chi connectivity index (χ2n) is 4.77. The lowest BCUT2D eigenvalue weighted by Gasteiger charge is -2.26. The SMILES string of the molecule is C/C=C\N=CC(C)CC.CC(=O)OC(C)(C)C(F)(F)F. The van der Waals surface area contributed by atoms with Crippen LogP contribution in [0.5, 0.6) is 0 Å². The molecule has 0 aromatic carbocycles. The van der Waals surface area contributed by atoms with Gasteiger partial charge in [0, 0.05) is 19.3 Å². The third-order valence-electron chi connectivity index (χ3n) is 2.30. The van der Waals surface area contributed by atoms with Crippen molar-refractivity contribution in [3.8, 4) is 0 Å². The normalized spacial score (nSPS) is 14.1. The van der Waals surface area contributed by atoms with E-state index in [4.69, 9.17) is 0 Å². The Balaban J connectivity index is 0. The molecule has 0 rings (SSSR count). The summed E-state index contributed by atoms with van der Waals surface area (Å²) in [7, 11) is 0. The summed E-state index contributed by atoms with van der Waals surface area (Å²) in [6.07, 6.45) is 2.37. The van der Waals surface area contributed by atoms with Crippen molar-refractivity contribution in [2.75, 3.05) is 0 Å². The first-order valence-corrected chi connectivity index (χ1v) is 6.38. The lowest BCUT2D eigenvalue weighted by atomic mass is 10.1. The van der Waals surface area contributed by atoms with Crippen molar-refractivity contribution in [3.05, 3.63) is 12.3 Å². The Morgan fingerprint density at radius 2 is 1.85 bits per heavy atom. The van der Waals surface area contributed by atoms with Gasteiger partial charge in [-0.2, -0.15) is 13.2 Å². The van der Waals surface area contributed by atoms with Gasteiger partial charge in [0.15, 0.2) is 0 Å². The monoisotopic (exact) mass is 295 g/mol. The van der Waals surface area contributed by atoms with Crippen molar-refractivity contribution < 1.29 is 22.7 Å². The number of aliphatic imine (C=N–C) groups is 1. The first-order chi connectivity index (χ1) is 8.97. The molecule has 0 saturated heterocycles. The Bertz CT molecular complexity index is 334. The molecule has 3 nitrogen and oxygen atoms in total. The molecule has 0 spiro atoms. The van der Waals surface area contributed by atoms with E-state index in [1.807, 2.05) is 25.4 Å². The number of esters is 1. The van der Waals surface area contributed by atoms with Gasteiger partial charge in [-0.3, -0.25) is 9.79 Å². The van der Waals surface area contributed by atoms with E-state index >= 15 is 0 Å². The molecule has 0 heterocycles. The molecule has 6 heteroatoms. The fourth-order valence-electron chi connectivity index (χ4n) is 0.805. The summed E-state index contributed by atoms with van der Waals surface area (Å²) < 4.78 is 39.8. The minimum absolute atomic E-state index is 0.612. The van der Waals surface area contributed by atoms with Crippen molar-refractivity contribution in [1.29, 1.82) is 0 Å². The number of halogens is 3. The van der Waals surface area contributed by atoms with E-state index in [1.54, 1.807) is 0 Å². The van der Waals surface area contributed by atoms with Crippen LogP contribution in [0.4, 0.5) is 13.2 Å². The Hall–Kier alpha value is -1.33. The van der Waals surface area contributed by atoms with Crippen LogP contribution in [0.15, 0.2) is 17.3 Å². The zero-order valence-corrected chi connectivity index (χ0v) is 12.9. The van der Waals surface area contributed by atoms with Crippen LogP contribution in [0.25, 0.3) is 0 Å². The predicted molar refractivity (Wildman–Crippen MR) is 74.7 cm³/mol. The minimum Gasteiger partial charge on any atom is -0.450 e. The number of ether oxygens (including phenoxy) is 1. The highest BCUT2D eigenvalue weighted by Gasteiger charge is 2.50. The van der Waals surface area contributed by atoms with Crippen LogP contribution in [-0.2, 0) is 9.53 Å². The number of hydrogen-bond donors (Lipinski definition) is 0. The van der Waals surface area contributed by atoms with Gasteiger partial charge < -0.3 is 4.74 Å². The van der Waals surface area contributed by atoms with Gasteiger partial charge in [0.2, 0.25) is 5.60 Å². The smallest absolute Gasteiger partial charge is 0.427 e. The van der Waals surface area contributed by atoms with E-state index in [0.29, 0.717) is 5.92 Å². The Labute approximate surface area is 118 Å². The Morgan fingerprint density at radius 1 is 1.35 bits per heavy atom. The zero-order chi connectivity index (χ0) is 16.4. The highest BCUT2D eigenvalue weighted by molar-refractivity contribution is 5.66. The van der Waals surface area contributed by atoms with Crippen LogP contribution >= 0.6 is 0 Å². The average Bonchev–Trinajstić information content (AvgIpc) is 2.26. The number of carbonyl (C=O) groups excluding carboxylic acids is 1. The summed E-state index contributed by atoms with van der Waals surface area (Å²) in [5, 5.41) is 0. The first kappa shape index (κ1) is 21.0. The maximum atomic E-state index is 11.9. The molecule has 20 heavy (non-hydrogen) atoms. The molecule has 0 aliphatic heterocycles. The Kier molecular flexibility index (Phi) is 10.0. The van der Waals surface area contributed by atoms with E-state index in [-0.39, 0.29) is 0 Å². The summed E-state index contributed by atoms with van der Waals surface area (Å²) in [5.74, 6) is -0.325. The molecule has 0 fully saturated rings. The lowest BCUT2D eigenvalue weighted by molar-refractivity contribution is -0.256. The lowest BCUT2D eigenvalue weighted by Crippen LogP contribution is -2.42. The summed E-state index contributed by atoms with van der Waals surface area (Å²) in [4.78, 5) is 14.2. The average molecular weight is 295 g/mol. The number of hydrogen-bond acceptors (Lipinski definition) is 3. The van der Waals surface area contributed by atoms with Crippen LogP contribution in [-0.4, -0.2) is 24.0 Å². The number of alkyl halides is 3. The second kappa shape index (κ2) is 9.55. The van der Waals surface area contributed by atoms with Crippen LogP contribution in [0.1, 0.15) is 48.0 Å². The molecule has 0 aliphatic rings. The standard InChI is InChI=1S/C8H15N.C6H9F3O2/c1-4-6-9-7-8(3)5-2;1-4(10)11-5(2,3)6(7,8)9/h4,6-8H,5H2,1-3H3;1-3H3/b6-4-,9-7?;. The number of nitrogens with zero attached hydrogens (tertiary/aromatic N) is 1. The molecular formula is C14H24F3NO2. The highest BCUT2D eigenvalue weighted by Crippen LogP contribution is 2.32. The van der Waals surface area contributed by atoms with Crippen LogP contribution in [0.2, 0.25) is 0 Å². The van der Waals surface area contributed by atoms with Crippen LogP contribution in [0, 0.1) is 5.92 Å². The molecule has 1 unspecified atom stereocenters. The molecule has 118 valence electrons. The third-order valence-corrected chi connectivity index (χ3v) is 2.30. The fourth-order valence-corrected chi connectivity index (χ4v) is 0.805. The van der Waals surface area contributed by atoms with Gasteiger partial charge in [0.05, 0.1) is 0 Å². The molecule has 0 bridgehead atoms. The largest absolute Gasteiger partial charge is 0.450 e. The van der Waals surface area contributed by atoms with Crippen LogP contribution in [0.3, 0.4) is 0 Å². The molecule has 0 saturated carbocycles. The van der Waals surface area contributed by atoms with E-state index in [2.05, 4.69) is 23.6 Å². The summed E-state index contributed by atoms with van der Waals surface area (Å²) in [5.41, 5.74) is -2.39. The number of carbonyl (C=O) groups is 1. The van der Waals surface area contributed by atoms with Crippen molar-refractivity contribution >= 4 is 12.2 Å². The van der Waals surface area contributed by atoms with Gasteiger partial charge in [-0.1, -0.05) is 19.9 Å². The van der Waals surface area contributed by atoms with Crippen molar-refractivity contribution in [1.82, 2.24) is 0 Å². The maximum absolute atomic E-state index is 11.9. The van der Waals surface area contributed by atoms with Gasteiger partial charge in [0.25, 0.3) is 0 Å². The van der Waals surface area contributed by atoms with Crippen LogP contribution < -0.4 is 0 Å². The predicted octanol–water partition coefficient (Wildman–Crippen LogP) is 4.53. The van der Waals surface area contributed by atoms with E-state index in [9.17, 15) is 18.0 Å². The summed E-state index contributed by atoms with van der Waals surface area (Å²) >= 11 is 0. The zero-order valence-electron chi connectivity index (χ0n) is 12.9. The van der Waals surface area contributed by atoms with E-state index < -0.39 is 17.7 Å². The molecule has 0 radical (unpaired) electrons. The molecule has 0 N–H and O–H groups in total. The maximum Gasteiger partial charge on any atom is 0.427 e. The van der Waals surface area contributed by atoms with Gasteiger partial charge in [0.1, 0.15) is 0 Å².